The Hall–Kier alpha value is -2.82. The third kappa shape index (κ3) is 5.58. The molecule has 10 heteroatoms. The van der Waals surface area contributed by atoms with Gasteiger partial charge in [0.2, 0.25) is 0 Å². The number of amides is 1. The summed E-state index contributed by atoms with van der Waals surface area (Å²) >= 11 is 1.68. The highest BCUT2D eigenvalue weighted by Gasteiger charge is 2.23. The zero-order valence-corrected chi connectivity index (χ0v) is 19.8. The van der Waals surface area contributed by atoms with Crippen LogP contribution in [0.5, 0.6) is 0 Å². The number of aryl methyl sites for hydroxylation is 1. The van der Waals surface area contributed by atoms with Crippen molar-refractivity contribution in [3.05, 3.63) is 76.0 Å². The maximum Gasteiger partial charge on any atom is 0.261 e. The first-order chi connectivity index (χ1) is 15.9. The molecule has 7 nitrogen and oxygen atoms in total. The SMILES string of the molecule is CCc1nc(CN2CCN(C(=O)c3ccc(S(=O)(=O)Nc4ccccc4F)cc3)CC2)cs1. The summed E-state index contributed by atoms with van der Waals surface area (Å²) in [5.41, 5.74) is 1.36. The highest BCUT2D eigenvalue weighted by molar-refractivity contribution is 7.92. The molecule has 3 aromatic rings. The molecular weight excluding hydrogens is 463 g/mol. The van der Waals surface area contributed by atoms with Crippen LogP contribution in [0.15, 0.2) is 58.8 Å². The van der Waals surface area contributed by atoms with Gasteiger partial charge in [-0.25, -0.2) is 17.8 Å². The Bertz CT molecular complexity index is 1220. The molecule has 2 aromatic carbocycles. The van der Waals surface area contributed by atoms with Gasteiger partial charge in [0.25, 0.3) is 15.9 Å². The molecule has 174 valence electrons. The Morgan fingerprint density at radius 2 is 1.79 bits per heavy atom. The van der Waals surface area contributed by atoms with Crippen molar-refractivity contribution in [1.82, 2.24) is 14.8 Å². The van der Waals surface area contributed by atoms with Crippen LogP contribution >= 0.6 is 11.3 Å². The minimum atomic E-state index is -3.97. The van der Waals surface area contributed by atoms with Crippen LogP contribution in [0.1, 0.15) is 28.0 Å². The molecule has 0 bridgehead atoms. The highest BCUT2D eigenvalue weighted by atomic mass is 32.2. The molecule has 0 saturated carbocycles. The Morgan fingerprint density at radius 1 is 1.09 bits per heavy atom. The van der Waals surface area contributed by atoms with E-state index in [1.54, 1.807) is 22.3 Å². The molecule has 1 saturated heterocycles. The van der Waals surface area contributed by atoms with Crippen LogP contribution in [-0.4, -0.2) is 55.3 Å². The van der Waals surface area contributed by atoms with Gasteiger partial charge in [-0.05, 0) is 42.8 Å². The number of nitrogens with one attached hydrogen (secondary N) is 1. The van der Waals surface area contributed by atoms with Gasteiger partial charge >= 0.3 is 0 Å². The first-order valence-electron chi connectivity index (χ1n) is 10.7. The summed E-state index contributed by atoms with van der Waals surface area (Å²) in [6, 6.07) is 11.3. The predicted octanol–water partition coefficient (Wildman–Crippen LogP) is 3.60. The molecule has 1 aliphatic rings. The van der Waals surface area contributed by atoms with E-state index in [1.807, 2.05) is 0 Å². The molecule has 4 rings (SSSR count). The Morgan fingerprint density at radius 3 is 2.42 bits per heavy atom. The number of aromatic nitrogens is 1. The molecule has 1 N–H and O–H groups in total. The lowest BCUT2D eigenvalue weighted by Gasteiger charge is -2.34. The molecule has 0 spiro atoms. The molecule has 2 heterocycles. The maximum atomic E-state index is 13.8. The third-order valence-electron chi connectivity index (χ3n) is 5.48. The summed E-state index contributed by atoms with van der Waals surface area (Å²) in [4.78, 5) is 21.5. The van der Waals surface area contributed by atoms with Crippen molar-refractivity contribution in [2.24, 2.45) is 0 Å². The average molecular weight is 489 g/mol. The summed E-state index contributed by atoms with van der Waals surface area (Å²) in [6.07, 6.45) is 0.937. The van der Waals surface area contributed by atoms with Gasteiger partial charge in [-0.3, -0.25) is 14.4 Å². The average Bonchev–Trinajstić information content (AvgIpc) is 3.28. The van der Waals surface area contributed by atoms with Gasteiger partial charge in [0.15, 0.2) is 0 Å². The largest absolute Gasteiger partial charge is 0.336 e. The summed E-state index contributed by atoms with van der Waals surface area (Å²) in [5, 5.41) is 3.22. The van der Waals surface area contributed by atoms with Crippen LogP contribution in [0.4, 0.5) is 10.1 Å². The number of nitrogens with zero attached hydrogens (tertiary/aromatic N) is 3. The summed E-state index contributed by atoms with van der Waals surface area (Å²) in [5.74, 6) is -0.796. The van der Waals surface area contributed by atoms with Crippen molar-refractivity contribution in [2.75, 3.05) is 30.9 Å². The van der Waals surface area contributed by atoms with E-state index >= 15 is 0 Å². The third-order valence-corrected chi connectivity index (χ3v) is 7.90. The zero-order valence-electron chi connectivity index (χ0n) is 18.2. The van der Waals surface area contributed by atoms with Gasteiger partial charge < -0.3 is 4.90 Å². The number of piperazine rings is 1. The second kappa shape index (κ2) is 9.98. The summed E-state index contributed by atoms with van der Waals surface area (Å²) in [7, 11) is -3.97. The van der Waals surface area contributed by atoms with Crippen molar-refractivity contribution in [3.63, 3.8) is 0 Å². The second-order valence-electron chi connectivity index (χ2n) is 7.76. The van der Waals surface area contributed by atoms with Crippen LogP contribution in [0.3, 0.4) is 0 Å². The number of hydrogen-bond donors (Lipinski definition) is 1. The number of hydrogen-bond acceptors (Lipinski definition) is 6. The molecule has 1 aromatic heterocycles. The number of carbonyl (C=O) groups is 1. The minimum absolute atomic E-state index is 0.0400. The fourth-order valence-corrected chi connectivity index (χ4v) is 5.43. The van der Waals surface area contributed by atoms with E-state index in [0.717, 1.165) is 36.8 Å². The number of anilines is 1. The standard InChI is InChI=1S/C23H25FN4O3S2/c1-2-22-25-18(16-32-22)15-27-11-13-28(14-12-27)23(29)17-7-9-19(10-8-17)33(30,31)26-21-6-4-3-5-20(21)24/h3-10,16,26H,2,11-15H2,1H3. The van der Waals surface area contributed by atoms with Crippen LogP contribution in [0.25, 0.3) is 0 Å². The highest BCUT2D eigenvalue weighted by Crippen LogP contribution is 2.20. The lowest BCUT2D eigenvalue weighted by Crippen LogP contribution is -2.48. The molecule has 0 radical (unpaired) electrons. The molecule has 1 amide bonds. The van der Waals surface area contributed by atoms with Crippen molar-refractivity contribution in [1.29, 1.82) is 0 Å². The van der Waals surface area contributed by atoms with Gasteiger partial charge in [-0.1, -0.05) is 19.1 Å². The van der Waals surface area contributed by atoms with Crippen LogP contribution in [-0.2, 0) is 23.0 Å². The number of rotatable bonds is 7. The number of carbonyl (C=O) groups excluding carboxylic acids is 1. The fourth-order valence-electron chi connectivity index (χ4n) is 3.63. The zero-order chi connectivity index (χ0) is 23.4. The molecular formula is C23H25FN4O3S2. The van der Waals surface area contributed by atoms with E-state index in [1.165, 1.54) is 42.5 Å². The minimum Gasteiger partial charge on any atom is -0.336 e. The van der Waals surface area contributed by atoms with Crippen LogP contribution < -0.4 is 4.72 Å². The van der Waals surface area contributed by atoms with Crippen molar-refractivity contribution >= 4 is 33.0 Å². The van der Waals surface area contributed by atoms with Gasteiger partial charge in [-0.2, -0.15) is 0 Å². The van der Waals surface area contributed by atoms with Gasteiger partial charge in [0.05, 0.1) is 21.3 Å². The lowest BCUT2D eigenvalue weighted by atomic mass is 10.2. The van der Waals surface area contributed by atoms with E-state index in [-0.39, 0.29) is 16.5 Å². The van der Waals surface area contributed by atoms with E-state index < -0.39 is 15.8 Å². The quantitative estimate of drug-likeness (QED) is 0.550. The van der Waals surface area contributed by atoms with Crippen molar-refractivity contribution < 1.29 is 17.6 Å². The molecule has 1 aliphatic heterocycles. The predicted molar refractivity (Wildman–Crippen MR) is 126 cm³/mol. The van der Waals surface area contributed by atoms with E-state index in [0.29, 0.717) is 18.7 Å². The number of benzene rings is 2. The number of sulfonamides is 1. The van der Waals surface area contributed by atoms with E-state index in [4.69, 9.17) is 0 Å². The monoisotopic (exact) mass is 488 g/mol. The summed E-state index contributed by atoms with van der Waals surface area (Å²) in [6.45, 7) is 5.57. The molecule has 33 heavy (non-hydrogen) atoms. The Labute approximate surface area is 196 Å². The number of thiazole rings is 1. The lowest BCUT2D eigenvalue weighted by molar-refractivity contribution is 0.0627. The number of halogens is 1. The van der Waals surface area contributed by atoms with Crippen molar-refractivity contribution in [2.45, 2.75) is 24.8 Å². The Kier molecular flexibility index (Phi) is 7.06. The number of para-hydroxylation sites is 1. The van der Waals surface area contributed by atoms with Crippen LogP contribution in [0, 0.1) is 5.82 Å². The Balaban J connectivity index is 1.35. The molecule has 0 unspecified atom stereocenters. The van der Waals surface area contributed by atoms with E-state index in [9.17, 15) is 17.6 Å². The van der Waals surface area contributed by atoms with Gasteiger partial charge in [0.1, 0.15) is 5.82 Å². The first kappa shape index (κ1) is 23.3. The maximum absolute atomic E-state index is 13.8. The van der Waals surface area contributed by atoms with Gasteiger partial charge in [-0.15, -0.1) is 11.3 Å². The topological polar surface area (TPSA) is 82.6 Å². The molecule has 1 fully saturated rings. The van der Waals surface area contributed by atoms with Crippen molar-refractivity contribution in [3.8, 4) is 0 Å². The summed E-state index contributed by atoms with van der Waals surface area (Å²) < 4.78 is 41.2. The second-order valence-corrected chi connectivity index (χ2v) is 10.4. The molecule has 0 atom stereocenters. The fraction of sp³-hybridized carbons (Fsp3) is 0.304. The normalized spacial score (nSPS) is 14.9. The van der Waals surface area contributed by atoms with E-state index in [2.05, 4.69) is 26.9 Å². The smallest absolute Gasteiger partial charge is 0.261 e. The van der Waals surface area contributed by atoms with Crippen LogP contribution in [0.2, 0.25) is 0 Å². The first-order valence-corrected chi connectivity index (χ1v) is 13.0. The van der Waals surface area contributed by atoms with Gasteiger partial charge in [0, 0.05) is 43.7 Å². The molecule has 0 aliphatic carbocycles.